The Morgan fingerprint density at radius 1 is 0.806 bits per heavy atom. The fourth-order valence-corrected chi connectivity index (χ4v) is 5.05. The van der Waals surface area contributed by atoms with Gasteiger partial charge in [-0.05, 0) is 68.1 Å². The third-order valence-electron chi connectivity index (χ3n) is 7.53. The van der Waals surface area contributed by atoms with Crippen LogP contribution in [0.1, 0.15) is 114 Å². The van der Waals surface area contributed by atoms with E-state index in [0.717, 1.165) is 59.1 Å². The van der Waals surface area contributed by atoms with Crippen LogP contribution in [0.15, 0.2) is 0 Å². The molecule has 0 radical (unpaired) electrons. The summed E-state index contributed by atoms with van der Waals surface area (Å²) in [6.45, 7) is 15.2. The fourth-order valence-electron chi connectivity index (χ4n) is 5.05. The summed E-state index contributed by atoms with van der Waals surface area (Å²) in [7, 11) is 0. The van der Waals surface area contributed by atoms with Crippen LogP contribution in [0.5, 0.6) is 11.5 Å². The van der Waals surface area contributed by atoms with E-state index in [4.69, 9.17) is 4.74 Å². The largest absolute Gasteiger partial charge is 0.507 e. The van der Waals surface area contributed by atoms with Gasteiger partial charge in [0.05, 0.1) is 0 Å². The third kappa shape index (κ3) is 7.41. The van der Waals surface area contributed by atoms with Crippen molar-refractivity contribution in [3.63, 3.8) is 0 Å². The Morgan fingerprint density at radius 2 is 1.35 bits per heavy atom. The number of benzene rings is 1. The van der Waals surface area contributed by atoms with Gasteiger partial charge in [0.2, 0.25) is 5.79 Å². The first-order valence-electron chi connectivity index (χ1n) is 12.8. The first-order valence-corrected chi connectivity index (χ1v) is 12.8. The predicted molar refractivity (Wildman–Crippen MR) is 131 cm³/mol. The number of aromatic hydroxyl groups is 1. The number of rotatable bonds is 12. The van der Waals surface area contributed by atoms with E-state index >= 15 is 0 Å². The van der Waals surface area contributed by atoms with Crippen LogP contribution in [-0.4, -0.2) is 16.0 Å². The molecule has 0 fully saturated rings. The monoisotopic (exact) mass is 432 g/mol. The van der Waals surface area contributed by atoms with Crippen molar-refractivity contribution < 1.29 is 14.9 Å². The lowest BCUT2D eigenvalue weighted by Gasteiger charge is -2.36. The van der Waals surface area contributed by atoms with E-state index in [9.17, 15) is 10.2 Å². The van der Waals surface area contributed by atoms with Gasteiger partial charge in [-0.25, -0.2) is 0 Å². The van der Waals surface area contributed by atoms with Crippen LogP contribution < -0.4 is 4.74 Å². The molecule has 1 aliphatic rings. The average molecular weight is 433 g/mol. The molecule has 2 rings (SSSR count). The Bertz CT molecular complexity index is 709. The highest BCUT2D eigenvalue weighted by Crippen LogP contribution is 2.43. The summed E-state index contributed by atoms with van der Waals surface area (Å²) in [6, 6.07) is 0. The molecule has 0 bridgehead atoms. The molecule has 3 heteroatoms. The van der Waals surface area contributed by atoms with Gasteiger partial charge < -0.3 is 14.9 Å². The van der Waals surface area contributed by atoms with Gasteiger partial charge in [0.15, 0.2) is 0 Å². The maximum Gasteiger partial charge on any atom is 0.208 e. The van der Waals surface area contributed by atoms with Crippen molar-refractivity contribution in [2.75, 3.05) is 0 Å². The smallest absolute Gasteiger partial charge is 0.208 e. The minimum atomic E-state index is -1.07. The van der Waals surface area contributed by atoms with Crippen LogP contribution in [0, 0.1) is 38.5 Å². The van der Waals surface area contributed by atoms with E-state index in [1.54, 1.807) is 0 Å². The van der Waals surface area contributed by atoms with Gasteiger partial charge in [-0.1, -0.05) is 72.6 Å². The summed E-state index contributed by atoms with van der Waals surface area (Å²) in [5.41, 5.74) is 3.76. The molecule has 1 aromatic carbocycles. The number of aliphatic hydroxyl groups is 1. The van der Waals surface area contributed by atoms with Crippen molar-refractivity contribution in [2.45, 2.75) is 125 Å². The quantitative estimate of drug-likeness (QED) is 0.354. The Balaban J connectivity index is 1.74. The minimum absolute atomic E-state index is 0.369. The van der Waals surface area contributed by atoms with Gasteiger partial charge in [0.1, 0.15) is 11.5 Å². The molecule has 1 heterocycles. The number of fused-ring (bicyclic) bond motifs is 1. The molecule has 0 amide bonds. The van der Waals surface area contributed by atoms with Gasteiger partial charge in [0, 0.05) is 18.4 Å². The van der Waals surface area contributed by atoms with E-state index in [-0.39, 0.29) is 0 Å². The summed E-state index contributed by atoms with van der Waals surface area (Å²) in [4.78, 5) is 0. The number of phenolic OH excluding ortho intramolecular Hbond substituents is 1. The van der Waals surface area contributed by atoms with Crippen molar-refractivity contribution in [2.24, 2.45) is 17.8 Å². The summed E-state index contributed by atoms with van der Waals surface area (Å²) in [6.07, 6.45) is 12.2. The number of hydrogen-bond donors (Lipinski definition) is 2. The van der Waals surface area contributed by atoms with Crippen LogP contribution in [-0.2, 0) is 6.42 Å². The van der Waals surface area contributed by atoms with Gasteiger partial charge in [-0.15, -0.1) is 0 Å². The Hall–Kier alpha value is -1.22. The Morgan fingerprint density at radius 3 is 1.94 bits per heavy atom. The minimum Gasteiger partial charge on any atom is -0.507 e. The van der Waals surface area contributed by atoms with Crippen molar-refractivity contribution >= 4 is 0 Å². The molecular formula is C28H48O3. The molecule has 1 aliphatic heterocycles. The summed E-state index contributed by atoms with van der Waals surface area (Å²) >= 11 is 0. The number of ether oxygens (including phenoxy) is 1. The van der Waals surface area contributed by atoms with E-state index < -0.39 is 5.79 Å². The van der Waals surface area contributed by atoms with E-state index in [1.807, 2.05) is 20.8 Å². The van der Waals surface area contributed by atoms with Crippen LogP contribution in [0.4, 0.5) is 0 Å². The molecule has 0 saturated heterocycles. The molecule has 0 aromatic heterocycles. The van der Waals surface area contributed by atoms with Crippen LogP contribution in [0.25, 0.3) is 0 Å². The van der Waals surface area contributed by atoms with Crippen LogP contribution >= 0.6 is 0 Å². The first-order chi connectivity index (χ1) is 14.5. The standard InChI is InChI=1S/C28H48O3/c1-19(2)11-8-12-20(3)13-9-14-21(4)15-10-17-28(30)18-16-25-24(7)26(29)22(5)23(6)27(25)31-28/h19-21,29-30H,8-18H2,1-7H3. The van der Waals surface area contributed by atoms with Gasteiger partial charge >= 0.3 is 0 Å². The average Bonchev–Trinajstić information content (AvgIpc) is 2.70. The third-order valence-corrected chi connectivity index (χ3v) is 7.53. The van der Waals surface area contributed by atoms with Crippen LogP contribution in [0.3, 0.4) is 0 Å². The molecule has 0 spiro atoms. The van der Waals surface area contributed by atoms with Gasteiger partial charge in [-0.3, -0.25) is 0 Å². The fraction of sp³-hybridized carbons (Fsp3) is 0.786. The Kier molecular flexibility index (Phi) is 9.73. The molecule has 3 nitrogen and oxygen atoms in total. The van der Waals surface area contributed by atoms with Gasteiger partial charge in [-0.2, -0.15) is 0 Å². The normalized spacial score (nSPS) is 20.4. The topological polar surface area (TPSA) is 49.7 Å². The molecule has 3 atom stereocenters. The Labute approximate surface area is 191 Å². The van der Waals surface area contributed by atoms with Crippen molar-refractivity contribution in [1.82, 2.24) is 0 Å². The molecule has 1 aromatic rings. The lowest BCUT2D eigenvalue weighted by atomic mass is 9.88. The molecule has 3 unspecified atom stereocenters. The zero-order valence-electron chi connectivity index (χ0n) is 21.3. The van der Waals surface area contributed by atoms with Gasteiger partial charge in [0.25, 0.3) is 0 Å². The molecule has 31 heavy (non-hydrogen) atoms. The second kappa shape index (κ2) is 11.6. The van der Waals surface area contributed by atoms with Crippen molar-refractivity contribution in [3.8, 4) is 11.5 Å². The molecule has 0 aliphatic carbocycles. The SMILES string of the molecule is Cc1c(C)c2c(c(C)c1O)CCC(O)(CCCC(C)CCCC(C)CCCC(C)C)O2. The van der Waals surface area contributed by atoms with E-state index in [0.29, 0.717) is 24.5 Å². The highest BCUT2D eigenvalue weighted by molar-refractivity contribution is 5.58. The highest BCUT2D eigenvalue weighted by Gasteiger charge is 2.36. The molecule has 178 valence electrons. The number of hydrogen-bond acceptors (Lipinski definition) is 3. The molecule has 0 saturated carbocycles. The zero-order chi connectivity index (χ0) is 23.2. The van der Waals surface area contributed by atoms with Crippen LogP contribution in [0.2, 0.25) is 0 Å². The highest BCUT2D eigenvalue weighted by atomic mass is 16.6. The van der Waals surface area contributed by atoms with E-state index in [2.05, 4.69) is 27.7 Å². The lowest BCUT2D eigenvalue weighted by Crippen LogP contribution is -2.40. The van der Waals surface area contributed by atoms with Crippen molar-refractivity contribution in [1.29, 1.82) is 0 Å². The summed E-state index contributed by atoms with van der Waals surface area (Å²) < 4.78 is 6.16. The van der Waals surface area contributed by atoms with Crippen molar-refractivity contribution in [3.05, 3.63) is 22.3 Å². The maximum atomic E-state index is 11.1. The predicted octanol–water partition coefficient (Wildman–Crippen LogP) is 7.77. The summed E-state index contributed by atoms with van der Waals surface area (Å²) in [5.74, 6) is 2.46. The molecule has 2 N–H and O–H groups in total. The maximum absolute atomic E-state index is 11.1. The number of phenols is 1. The first kappa shape index (κ1) is 26.0. The summed E-state index contributed by atoms with van der Waals surface area (Å²) in [5, 5.41) is 21.4. The second-order valence-corrected chi connectivity index (χ2v) is 10.9. The zero-order valence-corrected chi connectivity index (χ0v) is 21.3. The molecular weight excluding hydrogens is 384 g/mol. The second-order valence-electron chi connectivity index (χ2n) is 10.9. The van der Waals surface area contributed by atoms with E-state index in [1.165, 1.54) is 38.5 Å². The lowest BCUT2D eigenvalue weighted by molar-refractivity contribution is -0.156.